The molecule has 1 saturated carbocycles. The summed E-state index contributed by atoms with van der Waals surface area (Å²) in [4.78, 5) is 33.7. The molecule has 3 aromatic rings. The average Bonchev–Trinajstić information content (AvgIpc) is 3.00. The third kappa shape index (κ3) is 9.18. The Morgan fingerprint density at radius 3 is 2.20 bits per heavy atom. The SMILES string of the molecule is CN1CCN(c2ccc(-c3cccc(CN(C(=O)Cc4ccccc4)C4CCC(N)CC4)c3)cc2NC(=O)CC(C)(C)C)CC1. The number of benzene rings is 3. The van der Waals surface area contributed by atoms with Gasteiger partial charge in [0.1, 0.15) is 0 Å². The van der Waals surface area contributed by atoms with Gasteiger partial charge in [0.15, 0.2) is 0 Å². The zero-order valence-corrected chi connectivity index (χ0v) is 27.6. The van der Waals surface area contributed by atoms with E-state index in [4.69, 9.17) is 5.73 Å². The number of nitrogens with zero attached hydrogens (tertiary/aromatic N) is 3. The van der Waals surface area contributed by atoms with E-state index in [0.717, 1.165) is 85.5 Å². The number of hydrogen-bond donors (Lipinski definition) is 2. The molecule has 2 fully saturated rings. The van der Waals surface area contributed by atoms with Gasteiger partial charge in [-0.25, -0.2) is 0 Å². The first kappa shape index (κ1) is 32.7. The van der Waals surface area contributed by atoms with Crippen molar-refractivity contribution < 1.29 is 9.59 Å². The topological polar surface area (TPSA) is 81.9 Å². The van der Waals surface area contributed by atoms with Crippen molar-refractivity contribution in [1.29, 1.82) is 0 Å². The van der Waals surface area contributed by atoms with Gasteiger partial charge in [0.25, 0.3) is 0 Å². The van der Waals surface area contributed by atoms with Crippen LogP contribution >= 0.6 is 0 Å². The minimum atomic E-state index is -0.1000. The maximum absolute atomic E-state index is 13.8. The Balaban J connectivity index is 1.41. The number of rotatable bonds is 9. The number of anilines is 2. The highest BCUT2D eigenvalue weighted by atomic mass is 16.2. The number of carbonyl (C=O) groups excluding carboxylic acids is 2. The molecule has 0 bridgehead atoms. The Bertz CT molecular complexity index is 1430. The van der Waals surface area contributed by atoms with E-state index >= 15 is 0 Å². The van der Waals surface area contributed by atoms with Crippen LogP contribution < -0.4 is 16.0 Å². The molecule has 0 unspecified atom stereocenters. The van der Waals surface area contributed by atoms with E-state index in [9.17, 15) is 9.59 Å². The van der Waals surface area contributed by atoms with Gasteiger partial charge < -0.3 is 25.8 Å². The van der Waals surface area contributed by atoms with Gasteiger partial charge in [-0.15, -0.1) is 0 Å². The van der Waals surface area contributed by atoms with Crippen LogP contribution in [0.25, 0.3) is 11.1 Å². The molecular formula is C38H51N5O2. The van der Waals surface area contributed by atoms with Crippen LogP contribution in [0.4, 0.5) is 11.4 Å². The highest BCUT2D eigenvalue weighted by Crippen LogP contribution is 2.34. The van der Waals surface area contributed by atoms with Crippen molar-refractivity contribution in [3.63, 3.8) is 0 Å². The Kier molecular flexibility index (Phi) is 10.6. The van der Waals surface area contributed by atoms with Crippen molar-refractivity contribution in [1.82, 2.24) is 9.80 Å². The lowest BCUT2D eigenvalue weighted by molar-refractivity contribution is -0.134. The molecule has 2 amide bonds. The molecule has 1 aliphatic heterocycles. The first-order valence-electron chi connectivity index (χ1n) is 16.6. The molecule has 5 rings (SSSR count). The maximum atomic E-state index is 13.8. The van der Waals surface area contributed by atoms with Crippen molar-refractivity contribution in [2.45, 2.75) is 77.9 Å². The molecule has 3 N–H and O–H groups in total. The van der Waals surface area contributed by atoms with E-state index < -0.39 is 0 Å². The number of nitrogens with one attached hydrogen (secondary N) is 1. The van der Waals surface area contributed by atoms with Gasteiger partial charge in [-0.3, -0.25) is 9.59 Å². The van der Waals surface area contributed by atoms with Gasteiger partial charge >= 0.3 is 0 Å². The third-order valence-corrected chi connectivity index (χ3v) is 9.12. The van der Waals surface area contributed by atoms with Gasteiger partial charge in [-0.1, -0.05) is 75.4 Å². The van der Waals surface area contributed by atoms with E-state index in [0.29, 0.717) is 19.4 Å². The monoisotopic (exact) mass is 609 g/mol. The van der Waals surface area contributed by atoms with Crippen LogP contribution in [0, 0.1) is 5.41 Å². The van der Waals surface area contributed by atoms with Crippen molar-refractivity contribution in [2.24, 2.45) is 11.1 Å². The van der Waals surface area contributed by atoms with Gasteiger partial charge in [-0.05, 0) is 78.6 Å². The lowest BCUT2D eigenvalue weighted by atomic mass is 9.90. The van der Waals surface area contributed by atoms with Gasteiger partial charge in [-0.2, -0.15) is 0 Å². The fourth-order valence-corrected chi connectivity index (χ4v) is 6.57. The van der Waals surface area contributed by atoms with Crippen molar-refractivity contribution >= 4 is 23.2 Å². The Morgan fingerprint density at radius 1 is 0.844 bits per heavy atom. The Hall–Kier alpha value is -3.68. The molecular weight excluding hydrogens is 558 g/mol. The van der Waals surface area contributed by atoms with Crippen LogP contribution in [-0.2, 0) is 22.6 Å². The fourth-order valence-electron chi connectivity index (χ4n) is 6.57. The number of amides is 2. The second kappa shape index (κ2) is 14.6. The standard InChI is InChI=1S/C38H51N5O2/c1-38(2,3)26-36(44)40-34-25-31(13-18-35(34)42-21-19-41(4)20-22-42)30-12-8-11-29(23-30)27-43(33-16-14-32(39)15-17-33)37(45)24-28-9-6-5-7-10-28/h5-13,18,23,25,32-33H,14-17,19-22,24,26-27,39H2,1-4H3,(H,40,44). The molecule has 0 radical (unpaired) electrons. The molecule has 0 aromatic heterocycles. The highest BCUT2D eigenvalue weighted by molar-refractivity contribution is 5.96. The molecule has 2 aliphatic rings. The number of hydrogen-bond acceptors (Lipinski definition) is 5. The predicted octanol–water partition coefficient (Wildman–Crippen LogP) is 6.32. The zero-order chi connectivity index (χ0) is 32.0. The zero-order valence-electron chi connectivity index (χ0n) is 27.6. The van der Waals surface area contributed by atoms with Crippen molar-refractivity contribution in [3.8, 4) is 11.1 Å². The van der Waals surface area contributed by atoms with Gasteiger partial charge in [0, 0.05) is 51.2 Å². The second-order valence-corrected chi connectivity index (χ2v) is 14.3. The molecule has 1 saturated heterocycles. The summed E-state index contributed by atoms with van der Waals surface area (Å²) in [5, 5.41) is 3.26. The van der Waals surface area contributed by atoms with Crippen molar-refractivity contribution in [3.05, 3.63) is 83.9 Å². The van der Waals surface area contributed by atoms with Gasteiger partial charge in [0.05, 0.1) is 17.8 Å². The fraction of sp³-hybridized carbons (Fsp3) is 0.474. The first-order chi connectivity index (χ1) is 21.5. The molecule has 7 heteroatoms. The summed E-state index contributed by atoms with van der Waals surface area (Å²) in [7, 11) is 2.15. The quantitative estimate of drug-likeness (QED) is 0.297. The molecule has 7 nitrogen and oxygen atoms in total. The molecule has 0 spiro atoms. The van der Waals surface area contributed by atoms with E-state index in [1.165, 1.54) is 0 Å². The average molecular weight is 610 g/mol. The smallest absolute Gasteiger partial charge is 0.227 e. The molecule has 0 atom stereocenters. The predicted molar refractivity (Wildman–Crippen MR) is 185 cm³/mol. The van der Waals surface area contributed by atoms with Crippen LogP contribution in [0.15, 0.2) is 72.8 Å². The van der Waals surface area contributed by atoms with E-state index in [-0.39, 0.29) is 29.3 Å². The highest BCUT2D eigenvalue weighted by Gasteiger charge is 2.28. The van der Waals surface area contributed by atoms with Crippen molar-refractivity contribution in [2.75, 3.05) is 43.4 Å². The number of carbonyl (C=O) groups is 2. The van der Waals surface area contributed by atoms with E-state index in [2.05, 4.69) is 90.3 Å². The number of likely N-dealkylation sites (N-methyl/N-ethyl adjacent to an activating group) is 1. The maximum Gasteiger partial charge on any atom is 0.227 e. The van der Waals surface area contributed by atoms with E-state index in [1.807, 2.05) is 30.3 Å². The molecule has 3 aromatic carbocycles. The summed E-state index contributed by atoms with van der Waals surface area (Å²) < 4.78 is 0. The summed E-state index contributed by atoms with van der Waals surface area (Å²) in [5.41, 5.74) is 12.3. The summed E-state index contributed by atoms with van der Waals surface area (Å²) >= 11 is 0. The van der Waals surface area contributed by atoms with Crippen LogP contribution in [0.1, 0.15) is 64.0 Å². The molecule has 45 heavy (non-hydrogen) atoms. The lowest BCUT2D eigenvalue weighted by Gasteiger charge is -2.36. The van der Waals surface area contributed by atoms with Crippen LogP contribution in [0.2, 0.25) is 0 Å². The summed E-state index contributed by atoms with van der Waals surface area (Å²) in [6, 6.07) is 25.4. The minimum absolute atomic E-state index is 0.0311. The van der Waals surface area contributed by atoms with Crippen LogP contribution in [0.5, 0.6) is 0 Å². The summed E-state index contributed by atoms with van der Waals surface area (Å²) in [6.07, 6.45) is 4.62. The summed E-state index contributed by atoms with van der Waals surface area (Å²) in [6.45, 7) is 10.7. The van der Waals surface area contributed by atoms with E-state index in [1.54, 1.807) is 0 Å². The second-order valence-electron chi connectivity index (χ2n) is 14.3. The third-order valence-electron chi connectivity index (χ3n) is 9.12. The summed E-state index contributed by atoms with van der Waals surface area (Å²) in [5.74, 6) is 0.191. The van der Waals surface area contributed by atoms with Crippen LogP contribution in [0.3, 0.4) is 0 Å². The normalized spacial score (nSPS) is 19.3. The first-order valence-corrected chi connectivity index (χ1v) is 16.6. The largest absolute Gasteiger partial charge is 0.367 e. The van der Waals surface area contributed by atoms with Crippen LogP contribution in [-0.4, -0.2) is 66.9 Å². The lowest BCUT2D eigenvalue weighted by Crippen LogP contribution is -2.44. The number of piperazine rings is 1. The van der Waals surface area contributed by atoms with Gasteiger partial charge in [0.2, 0.25) is 11.8 Å². The minimum Gasteiger partial charge on any atom is -0.367 e. The Morgan fingerprint density at radius 2 is 1.51 bits per heavy atom. The Labute approximate surface area is 269 Å². The molecule has 1 heterocycles. The molecule has 1 aliphatic carbocycles. The number of nitrogens with two attached hydrogens (primary N) is 1. The molecule has 240 valence electrons.